The summed E-state index contributed by atoms with van der Waals surface area (Å²) in [5, 5.41) is 10.8. The lowest BCUT2D eigenvalue weighted by atomic mass is 9.95. The standard InChI is InChI=1S/C18H19NO5S/c1-19-14(10-12-6-7-15-16(11-12)24-9-8-23-15)18(20)13-4-2-3-5-17(13)25(19,21)22/h2-7,11,14,18,20H,8-10H2,1H3. The van der Waals surface area contributed by atoms with Gasteiger partial charge in [0.05, 0.1) is 17.0 Å². The molecule has 0 spiro atoms. The zero-order chi connectivity index (χ0) is 17.6. The van der Waals surface area contributed by atoms with E-state index in [1.807, 2.05) is 18.2 Å². The molecular weight excluding hydrogens is 342 g/mol. The number of hydrogen-bond donors (Lipinski definition) is 1. The number of nitrogens with zero attached hydrogens (tertiary/aromatic N) is 1. The largest absolute Gasteiger partial charge is 0.486 e. The van der Waals surface area contributed by atoms with Crippen LogP contribution in [0.25, 0.3) is 0 Å². The Morgan fingerprint density at radius 2 is 1.84 bits per heavy atom. The number of aliphatic hydroxyl groups is 1. The van der Waals surface area contributed by atoms with E-state index in [-0.39, 0.29) is 4.90 Å². The highest BCUT2D eigenvalue weighted by Crippen LogP contribution is 2.38. The van der Waals surface area contributed by atoms with Gasteiger partial charge in [0, 0.05) is 12.6 Å². The Kier molecular flexibility index (Phi) is 3.94. The summed E-state index contributed by atoms with van der Waals surface area (Å²) in [6.45, 7) is 1.01. The number of ether oxygens (including phenoxy) is 2. The molecule has 25 heavy (non-hydrogen) atoms. The smallest absolute Gasteiger partial charge is 0.243 e. The molecule has 2 unspecified atom stereocenters. The number of sulfonamides is 1. The highest BCUT2D eigenvalue weighted by atomic mass is 32.2. The lowest BCUT2D eigenvalue weighted by molar-refractivity contribution is 0.0891. The first-order chi connectivity index (χ1) is 12.0. The first-order valence-electron chi connectivity index (χ1n) is 8.12. The van der Waals surface area contributed by atoms with Gasteiger partial charge in [0.15, 0.2) is 11.5 Å². The van der Waals surface area contributed by atoms with Gasteiger partial charge in [-0.1, -0.05) is 24.3 Å². The van der Waals surface area contributed by atoms with E-state index in [1.54, 1.807) is 18.2 Å². The summed E-state index contributed by atoms with van der Waals surface area (Å²) < 4.78 is 37.9. The van der Waals surface area contributed by atoms with Crippen molar-refractivity contribution in [2.45, 2.75) is 23.5 Å². The molecule has 2 aromatic carbocycles. The van der Waals surface area contributed by atoms with Gasteiger partial charge in [-0.05, 0) is 30.2 Å². The van der Waals surface area contributed by atoms with Crippen LogP contribution < -0.4 is 9.47 Å². The van der Waals surface area contributed by atoms with Crippen molar-refractivity contribution in [3.63, 3.8) is 0 Å². The average Bonchev–Trinajstić information content (AvgIpc) is 2.64. The molecule has 0 amide bonds. The van der Waals surface area contributed by atoms with Gasteiger partial charge >= 0.3 is 0 Å². The second-order valence-electron chi connectivity index (χ2n) is 6.25. The third kappa shape index (κ3) is 2.68. The van der Waals surface area contributed by atoms with Gasteiger partial charge in [0.2, 0.25) is 10.0 Å². The lowest BCUT2D eigenvalue weighted by Crippen LogP contribution is -2.46. The summed E-state index contributed by atoms with van der Waals surface area (Å²) >= 11 is 0. The number of aliphatic hydroxyl groups excluding tert-OH is 1. The van der Waals surface area contributed by atoms with Crippen LogP contribution in [0.5, 0.6) is 11.5 Å². The quantitative estimate of drug-likeness (QED) is 0.882. The molecule has 6 nitrogen and oxygen atoms in total. The van der Waals surface area contributed by atoms with E-state index >= 15 is 0 Å². The predicted molar refractivity (Wildman–Crippen MR) is 91.3 cm³/mol. The van der Waals surface area contributed by atoms with Crippen LogP contribution in [0.2, 0.25) is 0 Å². The van der Waals surface area contributed by atoms with E-state index < -0.39 is 22.2 Å². The molecular formula is C18H19NO5S. The normalized spacial score (nSPS) is 24.6. The maximum Gasteiger partial charge on any atom is 0.243 e. The molecule has 2 aliphatic rings. The zero-order valence-electron chi connectivity index (χ0n) is 13.8. The van der Waals surface area contributed by atoms with Crippen LogP contribution in [0.15, 0.2) is 47.4 Å². The van der Waals surface area contributed by atoms with Crippen LogP contribution in [-0.2, 0) is 16.4 Å². The number of hydrogen-bond acceptors (Lipinski definition) is 5. The number of likely N-dealkylation sites (N-methyl/N-ethyl adjacent to an activating group) is 1. The topological polar surface area (TPSA) is 76.1 Å². The summed E-state index contributed by atoms with van der Waals surface area (Å²) in [5.74, 6) is 1.34. The van der Waals surface area contributed by atoms with Gasteiger partial charge in [0.1, 0.15) is 13.2 Å². The van der Waals surface area contributed by atoms with Crippen LogP contribution >= 0.6 is 0 Å². The Morgan fingerprint density at radius 3 is 2.64 bits per heavy atom. The highest BCUT2D eigenvalue weighted by molar-refractivity contribution is 7.89. The van der Waals surface area contributed by atoms with Gasteiger partial charge in [-0.2, -0.15) is 4.31 Å². The van der Waals surface area contributed by atoms with Gasteiger partial charge in [-0.15, -0.1) is 0 Å². The van der Waals surface area contributed by atoms with Gasteiger partial charge < -0.3 is 14.6 Å². The van der Waals surface area contributed by atoms with Crippen LogP contribution in [0, 0.1) is 0 Å². The summed E-state index contributed by atoms with van der Waals surface area (Å²) in [5.41, 5.74) is 1.33. The molecule has 0 aliphatic carbocycles. The van der Waals surface area contributed by atoms with E-state index in [2.05, 4.69) is 0 Å². The Hall–Kier alpha value is -2.09. The molecule has 0 saturated carbocycles. The number of benzene rings is 2. The molecule has 0 saturated heterocycles. The van der Waals surface area contributed by atoms with Crippen molar-refractivity contribution < 1.29 is 23.0 Å². The Morgan fingerprint density at radius 1 is 1.12 bits per heavy atom. The minimum absolute atomic E-state index is 0.170. The van der Waals surface area contributed by atoms with E-state index in [0.717, 1.165) is 5.56 Å². The number of rotatable bonds is 2. The van der Waals surface area contributed by atoms with Crippen molar-refractivity contribution in [1.82, 2.24) is 4.31 Å². The molecule has 0 radical (unpaired) electrons. The van der Waals surface area contributed by atoms with Crippen LogP contribution in [-0.4, -0.2) is 44.1 Å². The second-order valence-corrected chi connectivity index (χ2v) is 8.22. The van der Waals surface area contributed by atoms with E-state index in [0.29, 0.717) is 36.7 Å². The monoisotopic (exact) mass is 361 g/mol. The SMILES string of the molecule is CN1C(Cc2ccc3c(c2)OCCO3)C(O)c2ccccc2S1(=O)=O. The zero-order valence-corrected chi connectivity index (χ0v) is 14.6. The van der Waals surface area contributed by atoms with Crippen molar-refractivity contribution in [1.29, 1.82) is 0 Å². The molecule has 0 bridgehead atoms. The lowest BCUT2D eigenvalue weighted by Gasteiger charge is -2.37. The van der Waals surface area contributed by atoms with Crippen molar-refractivity contribution >= 4 is 10.0 Å². The molecule has 2 atom stereocenters. The van der Waals surface area contributed by atoms with Crippen molar-refractivity contribution in [3.8, 4) is 11.5 Å². The highest BCUT2D eigenvalue weighted by Gasteiger charge is 2.41. The summed E-state index contributed by atoms with van der Waals surface area (Å²) in [7, 11) is -2.11. The second kappa shape index (κ2) is 6.01. The predicted octanol–water partition coefficient (Wildman–Crippen LogP) is 1.74. The van der Waals surface area contributed by atoms with E-state index in [9.17, 15) is 13.5 Å². The van der Waals surface area contributed by atoms with Crippen molar-refractivity contribution in [3.05, 3.63) is 53.6 Å². The van der Waals surface area contributed by atoms with Crippen molar-refractivity contribution in [2.75, 3.05) is 20.3 Å². The molecule has 2 heterocycles. The van der Waals surface area contributed by atoms with Crippen molar-refractivity contribution in [2.24, 2.45) is 0 Å². The first kappa shape index (κ1) is 16.4. The molecule has 4 rings (SSSR count). The minimum Gasteiger partial charge on any atom is -0.486 e. The molecule has 2 aliphatic heterocycles. The maximum atomic E-state index is 12.8. The summed E-state index contributed by atoms with van der Waals surface area (Å²) in [6, 6.07) is 11.6. The minimum atomic E-state index is -3.62. The molecule has 0 aromatic heterocycles. The Labute approximate surface area is 146 Å². The van der Waals surface area contributed by atoms with Gasteiger partial charge in [-0.3, -0.25) is 0 Å². The number of fused-ring (bicyclic) bond motifs is 2. The third-order valence-electron chi connectivity index (χ3n) is 4.78. The van der Waals surface area contributed by atoms with E-state index in [4.69, 9.17) is 9.47 Å². The molecule has 7 heteroatoms. The van der Waals surface area contributed by atoms with Crippen LogP contribution in [0.1, 0.15) is 17.2 Å². The maximum absolute atomic E-state index is 12.8. The van der Waals surface area contributed by atoms with Crippen LogP contribution in [0.3, 0.4) is 0 Å². The van der Waals surface area contributed by atoms with Crippen LogP contribution in [0.4, 0.5) is 0 Å². The Balaban J connectivity index is 1.69. The fraction of sp³-hybridized carbons (Fsp3) is 0.333. The molecule has 0 fully saturated rings. The van der Waals surface area contributed by atoms with Gasteiger partial charge in [0.25, 0.3) is 0 Å². The average molecular weight is 361 g/mol. The summed E-state index contributed by atoms with van der Waals surface area (Å²) in [4.78, 5) is 0.170. The fourth-order valence-corrected chi connectivity index (χ4v) is 4.99. The first-order valence-corrected chi connectivity index (χ1v) is 9.56. The van der Waals surface area contributed by atoms with E-state index in [1.165, 1.54) is 17.4 Å². The molecule has 1 N–H and O–H groups in total. The molecule has 132 valence electrons. The molecule has 2 aromatic rings. The summed E-state index contributed by atoms with van der Waals surface area (Å²) in [6.07, 6.45) is -0.514. The van der Waals surface area contributed by atoms with Gasteiger partial charge in [-0.25, -0.2) is 8.42 Å². The fourth-order valence-electron chi connectivity index (χ4n) is 3.40. The third-order valence-corrected chi connectivity index (χ3v) is 6.73. The Bertz CT molecular complexity index is 911.